The van der Waals surface area contributed by atoms with Gasteiger partial charge in [0.2, 0.25) is 5.91 Å². The molecular weight excluding hydrogens is 304 g/mol. The molecule has 3 nitrogen and oxygen atoms in total. The lowest BCUT2D eigenvalue weighted by atomic mass is 10.0. The Morgan fingerprint density at radius 1 is 1.21 bits per heavy atom. The van der Waals surface area contributed by atoms with Gasteiger partial charge < -0.3 is 9.80 Å². The summed E-state index contributed by atoms with van der Waals surface area (Å²) in [6.45, 7) is 4.26. The fourth-order valence-corrected chi connectivity index (χ4v) is 3.58. The average Bonchev–Trinajstić information content (AvgIpc) is 2.72. The van der Waals surface area contributed by atoms with E-state index < -0.39 is 0 Å². The molecule has 3 fully saturated rings. The highest BCUT2D eigenvalue weighted by Crippen LogP contribution is 2.22. The molecule has 0 unspecified atom stereocenters. The van der Waals surface area contributed by atoms with Crippen molar-refractivity contribution in [2.45, 2.75) is 25.3 Å². The molecule has 0 aromatic heterocycles. The van der Waals surface area contributed by atoms with Gasteiger partial charge in [0.25, 0.3) is 0 Å². The van der Waals surface area contributed by atoms with E-state index in [2.05, 4.69) is 25.7 Å². The van der Waals surface area contributed by atoms with E-state index >= 15 is 0 Å². The molecule has 3 saturated heterocycles. The topological polar surface area (TPSA) is 23.6 Å². The summed E-state index contributed by atoms with van der Waals surface area (Å²) in [5.41, 5.74) is 1.10. The molecule has 1 aromatic rings. The lowest BCUT2D eigenvalue weighted by Gasteiger charge is -2.31. The zero-order chi connectivity index (χ0) is 13.2. The molecule has 0 radical (unpaired) electrons. The van der Waals surface area contributed by atoms with Crippen LogP contribution in [0.15, 0.2) is 28.7 Å². The van der Waals surface area contributed by atoms with Crippen molar-refractivity contribution in [1.82, 2.24) is 9.80 Å². The number of carbonyl (C=O) groups excluding carboxylic acids is 1. The van der Waals surface area contributed by atoms with E-state index in [1.165, 1.54) is 0 Å². The van der Waals surface area contributed by atoms with Crippen molar-refractivity contribution in [3.63, 3.8) is 0 Å². The van der Waals surface area contributed by atoms with Gasteiger partial charge in [-0.1, -0.05) is 28.1 Å². The molecule has 0 saturated carbocycles. The van der Waals surface area contributed by atoms with Crippen molar-refractivity contribution < 1.29 is 4.79 Å². The predicted molar refractivity (Wildman–Crippen MR) is 79.0 cm³/mol. The quantitative estimate of drug-likeness (QED) is 0.834. The number of benzene rings is 1. The zero-order valence-electron chi connectivity index (χ0n) is 11.0. The summed E-state index contributed by atoms with van der Waals surface area (Å²) in [7, 11) is 0. The van der Waals surface area contributed by atoms with Crippen molar-refractivity contribution in [3.05, 3.63) is 34.3 Å². The van der Waals surface area contributed by atoms with Crippen LogP contribution in [0.4, 0.5) is 0 Å². The molecule has 4 rings (SSSR count). The second kappa shape index (κ2) is 5.63. The highest BCUT2D eigenvalue weighted by atomic mass is 79.9. The first-order chi connectivity index (χ1) is 9.22. The van der Waals surface area contributed by atoms with E-state index in [4.69, 9.17) is 0 Å². The minimum absolute atomic E-state index is 0.284. The predicted octanol–water partition coefficient (Wildman–Crippen LogP) is 2.30. The van der Waals surface area contributed by atoms with Crippen LogP contribution in [0.3, 0.4) is 0 Å². The molecule has 19 heavy (non-hydrogen) atoms. The number of rotatable bonds is 2. The van der Waals surface area contributed by atoms with Crippen molar-refractivity contribution in [2.24, 2.45) is 0 Å². The monoisotopic (exact) mass is 322 g/mol. The van der Waals surface area contributed by atoms with Crippen LogP contribution < -0.4 is 0 Å². The van der Waals surface area contributed by atoms with Gasteiger partial charge in [-0.3, -0.25) is 4.79 Å². The van der Waals surface area contributed by atoms with Crippen LogP contribution in [0.2, 0.25) is 0 Å². The van der Waals surface area contributed by atoms with E-state index in [9.17, 15) is 4.79 Å². The fraction of sp³-hybridized carbons (Fsp3) is 0.533. The zero-order valence-corrected chi connectivity index (χ0v) is 12.6. The Labute approximate surface area is 122 Å². The van der Waals surface area contributed by atoms with Gasteiger partial charge in [0.05, 0.1) is 6.42 Å². The Hall–Kier alpha value is -0.870. The van der Waals surface area contributed by atoms with Gasteiger partial charge in [0.15, 0.2) is 0 Å². The van der Waals surface area contributed by atoms with Crippen LogP contribution in [-0.2, 0) is 11.2 Å². The second-order valence-corrected chi connectivity index (χ2v) is 6.38. The Bertz CT molecular complexity index is 469. The Morgan fingerprint density at radius 2 is 2.00 bits per heavy atom. The number of fused-ring (bicyclic) bond motifs is 4. The molecule has 4 heteroatoms. The van der Waals surface area contributed by atoms with Gasteiger partial charge in [-0.05, 0) is 30.5 Å². The summed E-state index contributed by atoms with van der Waals surface area (Å²) in [5, 5.41) is 0. The third-order valence-electron chi connectivity index (χ3n) is 4.22. The molecule has 102 valence electrons. The molecule has 3 aliphatic heterocycles. The first-order valence-corrected chi connectivity index (χ1v) is 7.78. The van der Waals surface area contributed by atoms with E-state index in [1.807, 2.05) is 24.3 Å². The van der Waals surface area contributed by atoms with Crippen molar-refractivity contribution in [3.8, 4) is 0 Å². The molecule has 1 amide bonds. The van der Waals surface area contributed by atoms with Gasteiger partial charge in [-0.15, -0.1) is 0 Å². The number of amides is 1. The van der Waals surface area contributed by atoms with Crippen LogP contribution in [-0.4, -0.2) is 47.9 Å². The van der Waals surface area contributed by atoms with Crippen molar-refractivity contribution >= 4 is 21.8 Å². The highest BCUT2D eigenvalue weighted by Gasteiger charge is 2.31. The van der Waals surface area contributed by atoms with Gasteiger partial charge >= 0.3 is 0 Å². The summed E-state index contributed by atoms with van der Waals surface area (Å²) < 4.78 is 1.04. The van der Waals surface area contributed by atoms with Gasteiger partial charge in [0, 0.05) is 36.7 Å². The van der Waals surface area contributed by atoms with Gasteiger partial charge in [-0.25, -0.2) is 0 Å². The standard InChI is InChI=1S/C15H19BrN2O/c16-13-3-1-2-12(10-13)11-15(19)18-9-8-17-6-4-14(18)5-7-17/h1-3,10,14H,4-9,11H2. The van der Waals surface area contributed by atoms with Gasteiger partial charge in [0.1, 0.15) is 0 Å². The van der Waals surface area contributed by atoms with Gasteiger partial charge in [-0.2, -0.15) is 0 Å². The third-order valence-corrected chi connectivity index (χ3v) is 4.71. The molecule has 1 aromatic carbocycles. The third kappa shape index (κ3) is 3.00. The maximum Gasteiger partial charge on any atom is 0.227 e. The van der Waals surface area contributed by atoms with Crippen molar-refractivity contribution in [1.29, 1.82) is 0 Å². The second-order valence-electron chi connectivity index (χ2n) is 5.47. The summed E-state index contributed by atoms with van der Waals surface area (Å²) in [5.74, 6) is 0.284. The number of nitrogens with zero attached hydrogens (tertiary/aromatic N) is 2. The summed E-state index contributed by atoms with van der Waals surface area (Å²) >= 11 is 3.46. The smallest absolute Gasteiger partial charge is 0.227 e. The van der Waals surface area contributed by atoms with E-state index in [-0.39, 0.29) is 5.91 Å². The van der Waals surface area contributed by atoms with Crippen LogP contribution in [0.25, 0.3) is 0 Å². The molecule has 3 aliphatic rings. The number of hydrogen-bond donors (Lipinski definition) is 0. The van der Waals surface area contributed by atoms with E-state index in [0.29, 0.717) is 12.5 Å². The minimum atomic E-state index is 0.284. The molecule has 3 heterocycles. The summed E-state index contributed by atoms with van der Waals surface area (Å²) in [6, 6.07) is 8.53. The van der Waals surface area contributed by atoms with Crippen molar-refractivity contribution in [2.75, 3.05) is 26.2 Å². The number of carbonyl (C=O) groups is 1. The Kier molecular flexibility index (Phi) is 3.89. The Balaban J connectivity index is 1.69. The largest absolute Gasteiger partial charge is 0.338 e. The molecule has 0 aliphatic carbocycles. The summed E-state index contributed by atoms with van der Waals surface area (Å²) in [4.78, 5) is 17.1. The highest BCUT2D eigenvalue weighted by molar-refractivity contribution is 9.10. The number of halogens is 1. The Morgan fingerprint density at radius 3 is 2.74 bits per heavy atom. The van der Waals surface area contributed by atoms with Crippen LogP contribution in [0.5, 0.6) is 0 Å². The first-order valence-electron chi connectivity index (χ1n) is 6.98. The van der Waals surface area contributed by atoms with E-state index in [1.54, 1.807) is 0 Å². The number of hydrogen-bond acceptors (Lipinski definition) is 2. The maximum atomic E-state index is 12.5. The minimum Gasteiger partial charge on any atom is -0.338 e. The first kappa shape index (κ1) is 13.1. The van der Waals surface area contributed by atoms with Crippen LogP contribution in [0, 0.1) is 0 Å². The molecule has 0 spiro atoms. The molecule has 0 N–H and O–H groups in total. The fourth-order valence-electron chi connectivity index (χ4n) is 3.14. The van der Waals surface area contributed by atoms with E-state index in [0.717, 1.165) is 49.1 Å². The molecule has 2 bridgehead atoms. The molecular formula is C15H19BrN2O. The normalized spacial score (nSPS) is 26.3. The van der Waals surface area contributed by atoms with Crippen LogP contribution in [0.1, 0.15) is 18.4 Å². The average molecular weight is 323 g/mol. The maximum absolute atomic E-state index is 12.5. The lowest BCUT2D eigenvalue weighted by Crippen LogP contribution is -2.42. The molecule has 0 atom stereocenters. The lowest BCUT2D eigenvalue weighted by molar-refractivity contribution is -0.132. The van der Waals surface area contributed by atoms with Crippen LogP contribution >= 0.6 is 15.9 Å². The SMILES string of the molecule is O=C(Cc1cccc(Br)c1)N1CCN2CCC1CC2. The summed E-state index contributed by atoms with van der Waals surface area (Å²) in [6.07, 6.45) is 2.81. The number of piperidine rings is 1.